The Balaban J connectivity index is 2.90. The summed E-state index contributed by atoms with van der Waals surface area (Å²) in [6, 6.07) is 1.88. The van der Waals surface area contributed by atoms with E-state index in [0.29, 0.717) is 5.02 Å². The predicted molar refractivity (Wildman–Crippen MR) is 48.3 cm³/mol. The molecule has 0 N–H and O–H groups in total. The molecule has 0 saturated heterocycles. The van der Waals surface area contributed by atoms with Crippen LogP contribution >= 0.6 is 11.6 Å². The Morgan fingerprint density at radius 1 is 1.50 bits per heavy atom. The van der Waals surface area contributed by atoms with Gasteiger partial charge in [0.15, 0.2) is 5.65 Å². The zero-order chi connectivity index (χ0) is 8.72. The van der Waals surface area contributed by atoms with Gasteiger partial charge >= 0.3 is 0 Å². The van der Waals surface area contributed by atoms with Gasteiger partial charge in [-0.2, -0.15) is 5.10 Å². The summed E-state index contributed by atoms with van der Waals surface area (Å²) in [6.07, 6.45) is 1.63. The molecule has 3 nitrogen and oxygen atoms in total. The molecular formula is C8H8ClN3. The Kier molecular flexibility index (Phi) is 1.54. The molecule has 0 aromatic carbocycles. The van der Waals surface area contributed by atoms with E-state index in [-0.39, 0.29) is 0 Å². The van der Waals surface area contributed by atoms with E-state index in [1.54, 1.807) is 10.9 Å². The average molecular weight is 182 g/mol. The number of nitrogens with zero attached hydrogens (tertiary/aromatic N) is 3. The van der Waals surface area contributed by atoms with Crippen LogP contribution < -0.4 is 0 Å². The number of hydrogen-bond acceptors (Lipinski definition) is 2. The third-order valence-electron chi connectivity index (χ3n) is 1.83. The van der Waals surface area contributed by atoms with Crippen molar-refractivity contribution in [2.45, 2.75) is 6.92 Å². The average Bonchev–Trinajstić information content (AvgIpc) is 2.28. The number of pyridine rings is 1. The number of hydrogen-bond donors (Lipinski definition) is 0. The Bertz CT molecular complexity index is 433. The van der Waals surface area contributed by atoms with Crippen LogP contribution in [0.3, 0.4) is 0 Å². The maximum atomic E-state index is 5.80. The summed E-state index contributed by atoms with van der Waals surface area (Å²) >= 11 is 5.80. The van der Waals surface area contributed by atoms with Crippen molar-refractivity contribution in [3.05, 3.63) is 23.0 Å². The maximum absolute atomic E-state index is 5.80. The summed E-state index contributed by atoms with van der Waals surface area (Å²) in [5, 5.41) is 5.90. The fourth-order valence-corrected chi connectivity index (χ4v) is 1.44. The van der Waals surface area contributed by atoms with Crippen LogP contribution in [0.1, 0.15) is 5.69 Å². The molecule has 0 atom stereocenters. The summed E-state index contributed by atoms with van der Waals surface area (Å²) in [5.74, 6) is 0. The Labute approximate surface area is 75.0 Å². The lowest BCUT2D eigenvalue weighted by Crippen LogP contribution is -1.91. The fraction of sp³-hybridized carbons (Fsp3) is 0.250. The van der Waals surface area contributed by atoms with Gasteiger partial charge in [-0.15, -0.1) is 0 Å². The van der Waals surface area contributed by atoms with Crippen LogP contribution in [-0.2, 0) is 7.05 Å². The third-order valence-corrected chi connectivity index (χ3v) is 2.04. The molecular weight excluding hydrogens is 174 g/mol. The van der Waals surface area contributed by atoms with Crippen LogP contribution in [0.4, 0.5) is 0 Å². The lowest BCUT2D eigenvalue weighted by molar-refractivity contribution is 0.774. The molecule has 0 aliphatic heterocycles. The first-order chi connectivity index (χ1) is 5.68. The van der Waals surface area contributed by atoms with Crippen molar-refractivity contribution < 1.29 is 0 Å². The van der Waals surface area contributed by atoms with E-state index in [2.05, 4.69) is 10.1 Å². The van der Waals surface area contributed by atoms with Crippen LogP contribution in [0.5, 0.6) is 0 Å². The normalized spacial score (nSPS) is 10.9. The monoisotopic (exact) mass is 181 g/mol. The van der Waals surface area contributed by atoms with Gasteiger partial charge in [0.05, 0.1) is 10.7 Å². The van der Waals surface area contributed by atoms with Gasteiger partial charge in [0.2, 0.25) is 0 Å². The molecule has 2 aromatic rings. The second-order valence-electron chi connectivity index (χ2n) is 2.73. The fourth-order valence-electron chi connectivity index (χ4n) is 1.28. The first-order valence-electron chi connectivity index (χ1n) is 3.63. The van der Waals surface area contributed by atoms with Gasteiger partial charge in [-0.3, -0.25) is 4.68 Å². The van der Waals surface area contributed by atoms with Crippen molar-refractivity contribution >= 4 is 22.6 Å². The van der Waals surface area contributed by atoms with Crippen molar-refractivity contribution in [1.29, 1.82) is 0 Å². The van der Waals surface area contributed by atoms with E-state index in [0.717, 1.165) is 16.7 Å². The van der Waals surface area contributed by atoms with Gasteiger partial charge in [-0.05, 0) is 13.0 Å². The van der Waals surface area contributed by atoms with E-state index >= 15 is 0 Å². The highest BCUT2D eigenvalue weighted by Crippen LogP contribution is 2.18. The largest absolute Gasteiger partial charge is 0.250 e. The summed E-state index contributed by atoms with van der Waals surface area (Å²) < 4.78 is 1.75. The summed E-state index contributed by atoms with van der Waals surface area (Å²) in [7, 11) is 1.87. The quantitative estimate of drug-likeness (QED) is 0.622. The van der Waals surface area contributed by atoms with Crippen LogP contribution in [0.2, 0.25) is 5.02 Å². The van der Waals surface area contributed by atoms with Gasteiger partial charge in [-0.25, -0.2) is 4.98 Å². The van der Waals surface area contributed by atoms with Crippen LogP contribution in [0, 0.1) is 6.92 Å². The molecule has 12 heavy (non-hydrogen) atoms. The van der Waals surface area contributed by atoms with Crippen molar-refractivity contribution in [2.24, 2.45) is 7.05 Å². The van der Waals surface area contributed by atoms with Crippen LogP contribution in [0.15, 0.2) is 12.3 Å². The highest BCUT2D eigenvalue weighted by molar-refractivity contribution is 6.31. The number of aryl methyl sites for hydroxylation is 2. The zero-order valence-corrected chi connectivity index (χ0v) is 7.63. The van der Waals surface area contributed by atoms with E-state index in [4.69, 9.17) is 11.6 Å². The summed E-state index contributed by atoms with van der Waals surface area (Å²) in [4.78, 5) is 4.17. The third kappa shape index (κ3) is 0.975. The first-order valence-corrected chi connectivity index (χ1v) is 4.01. The molecule has 0 radical (unpaired) electrons. The van der Waals surface area contributed by atoms with Crippen molar-refractivity contribution in [2.75, 3.05) is 0 Å². The molecule has 0 aliphatic rings. The van der Waals surface area contributed by atoms with E-state index in [1.807, 2.05) is 20.0 Å². The van der Waals surface area contributed by atoms with E-state index in [1.165, 1.54) is 0 Å². The molecule has 4 heteroatoms. The number of halogens is 1. The predicted octanol–water partition coefficient (Wildman–Crippen LogP) is 1.93. The molecule has 0 saturated carbocycles. The summed E-state index contributed by atoms with van der Waals surface area (Å²) in [6.45, 7) is 1.94. The highest BCUT2D eigenvalue weighted by Gasteiger charge is 2.05. The SMILES string of the molecule is Cc1nn(C)c2ncc(Cl)cc12. The standard InChI is InChI=1S/C8H8ClN3/c1-5-7-3-6(9)4-10-8(7)12(2)11-5/h3-4H,1-2H3. The molecule has 0 bridgehead atoms. The van der Waals surface area contributed by atoms with Gasteiger partial charge in [-0.1, -0.05) is 11.6 Å². The van der Waals surface area contributed by atoms with Crippen molar-refractivity contribution in [1.82, 2.24) is 14.8 Å². The van der Waals surface area contributed by atoms with E-state index < -0.39 is 0 Å². The molecule has 2 aromatic heterocycles. The second-order valence-corrected chi connectivity index (χ2v) is 3.17. The van der Waals surface area contributed by atoms with Crippen LogP contribution in [0.25, 0.3) is 11.0 Å². The minimum absolute atomic E-state index is 0.651. The topological polar surface area (TPSA) is 30.7 Å². The first kappa shape index (κ1) is 7.55. The minimum atomic E-state index is 0.651. The van der Waals surface area contributed by atoms with Gasteiger partial charge < -0.3 is 0 Å². The number of aromatic nitrogens is 3. The molecule has 62 valence electrons. The maximum Gasteiger partial charge on any atom is 0.157 e. The molecule has 2 rings (SSSR count). The number of fused-ring (bicyclic) bond motifs is 1. The lowest BCUT2D eigenvalue weighted by Gasteiger charge is -1.92. The summed E-state index contributed by atoms with van der Waals surface area (Å²) in [5.41, 5.74) is 1.83. The highest BCUT2D eigenvalue weighted by atomic mass is 35.5. The Morgan fingerprint density at radius 3 is 3.00 bits per heavy atom. The van der Waals surface area contributed by atoms with Crippen molar-refractivity contribution in [3.8, 4) is 0 Å². The zero-order valence-electron chi connectivity index (χ0n) is 6.87. The molecule has 0 unspecified atom stereocenters. The Hall–Kier alpha value is -1.09. The smallest absolute Gasteiger partial charge is 0.157 e. The molecule has 0 amide bonds. The lowest BCUT2D eigenvalue weighted by atomic mass is 10.3. The van der Waals surface area contributed by atoms with Crippen molar-refractivity contribution in [3.63, 3.8) is 0 Å². The molecule has 0 aliphatic carbocycles. The van der Waals surface area contributed by atoms with Gasteiger partial charge in [0.1, 0.15) is 0 Å². The van der Waals surface area contributed by atoms with Gasteiger partial charge in [0, 0.05) is 18.6 Å². The molecule has 0 fully saturated rings. The van der Waals surface area contributed by atoms with Gasteiger partial charge in [0.25, 0.3) is 0 Å². The van der Waals surface area contributed by atoms with Crippen LogP contribution in [-0.4, -0.2) is 14.8 Å². The molecule has 2 heterocycles. The molecule has 0 spiro atoms. The number of rotatable bonds is 0. The second kappa shape index (κ2) is 2.45. The van der Waals surface area contributed by atoms with E-state index in [9.17, 15) is 0 Å². The Morgan fingerprint density at radius 2 is 2.25 bits per heavy atom. The minimum Gasteiger partial charge on any atom is -0.250 e.